The summed E-state index contributed by atoms with van der Waals surface area (Å²) in [5.41, 5.74) is -0.0610. The molecule has 1 saturated carbocycles. The summed E-state index contributed by atoms with van der Waals surface area (Å²) in [6.07, 6.45) is 1.19. The Bertz CT molecular complexity index is 639. The molecule has 1 amide bonds. The predicted molar refractivity (Wildman–Crippen MR) is 87.2 cm³/mol. The second kappa shape index (κ2) is 8.44. The van der Waals surface area contributed by atoms with Crippen LogP contribution in [0.1, 0.15) is 30.1 Å². The minimum Gasteiger partial charge on any atom is -0.480 e. The molecule has 25 heavy (non-hydrogen) atoms. The lowest BCUT2D eigenvalue weighted by atomic mass is 9.85. The van der Waals surface area contributed by atoms with Crippen molar-refractivity contribution in [3.63, 3.8) is 0 Å². The Kier molecular flexibility index (Phi) is 6.55. The van der Waals surface area contributed by atoms with E-state index in [2.05, 4.69) is 10.1 Å². The smallest absolute Gasteiger partial charge is 0.387 e. The Hall–Kier alpha value is -1.93. The normalized spacial score (nSPS) is 19.6. The van der Waals surface area contributed by atoms with Crippen molar-refractivity contribution in [1.29, 1.82) is 0 Å². The summed E-state index contributed by atoms with van der Waals surface area (Å²) < 4.78 is 29.2. The van der Waals surface area contributed by atoms with Gasteiger partial charge >= 0.3 is 12.6 Å². The molecule has 0 aromatic heterocycles. The summed E-state index contributed by atoms with van der Waals surface area (Å²) in [6.45, 7) is -0.634. The number of benzene rings is 1. The number of nitrogens with one attached hydrogen (secondary N) is 1. The molecular weight excluding hydrogens is 358 g/mol. The fourth-order valence-electron chi connectivity index (χ4n) is 2.82. The number of carbonyl (C=O) groups is 2. The summed E-state index contributed by atoms with van der Waals surface area (Å²) in [5, 5.41) is 11.8. The monoisotopic (exact) mass is 376 g/mol. The molecule has 2 rings (SSSR count). The first-order valence-corrected chi connectivity index (χ1v) is 8.19. The molecule has 0 spiro atoms. The van der Waals surface area contributed by atoms with Crippen LogP contribution in [0.15, 0.2) is 18.2 Å². The quantitative estimate of drug-likeness (QED) is 0.729. The summed E-state index contributed by atoms with van der Waals surface area (Å²) in [7, 11) is 0. The third-order valence-electron chi connectivity index (χ3n) is 4.11. The molecule has 1 aromatic carbocycles. The maximum atomic E-state index is 12.4. The molecule has 6 nitrogen and oxygen atoms in total. The van der Waals surface area contributed by atoms with Crippen LogP contribution in [-0.2, 0) is 4.79 Å². The maximum absolute atomic E-state index is 12.4. The number of carboxylic acids is 1. The van der Waals surface area contributed by atoms with Gasteiger partial charge in [-0.05, 0) is 37.6 Å². The van der Waals surface area contributed by atoms with Gasteiger partial charge in [-0.3, -0.25) is 14.5 Å². The van der Waals surface area contributed by atoms with Crippen molar-refractivity contribution in [2.45, 2.75) is 38.5 Å². The number of rotatable bonds is 8. The van der Waals surface area contributed by atoms with E-state index in [0.29, 0.717) is 19.4 Å². The highest BCUT2D eigenvalue weighted by Crippen LogP contribution is 2.28. The van der Waals surface area contributed by atoms with Crippen molar-refractivity contribution < 1.29 is 28.2 Å². The third-order valence-corrected chi connectivity index (χ3v) is 4.35. The molecule has 0 atom stereocenters. The van der Waals surface area contributed by atoms with Gasteiger partial charge < -0.3 is 15.2 Å². The van der Waals surface area contributed by atoms with Crippen molar-refractivity contribution in [2.24, 2.45) is 0 Å². The van der Waals surface area contributed by atoms with Crippen LogP contribution in [0, 0.1) is 0 Å². The summed E-state index contributed by atoms with van der Waals surface area (Å²) in [6, 6.07) is 3.77. The molecule has 1 fully saturated rings. The number of carboxylic acid groups (broad SMARTS) is 1. The number of carbonyl (C=O) groups excluding carboxylic acids is 1. The van der Waals surface area contributed by atoms with E-state index in [1.54, 1.807) is 0 Å². The van der Waals surface area contributed by atoms with Gasteiger partial charge in [-0.2, -0.15) is 8.78 Å². The topological polar surface area (TPSA) is 78.9 Å². The third kappa shape index (κ3) is 5.27. The molecule has 9 heteroatoms. The molecule has 0 bridgehead atoms. The van der Waals surface area contributed by atoms with Gasteiger partial charge in [0.25, 0.3) is 5.91 Å². The zero-order chi connectivity index (χ0) is 18.6. The Morgan fingerprint density at radius 1 is 1.44 bits per heavy atom. The lowest BCUT2D eigenvalue weighted by molar-refractivity contribution is -0.139. The Labute approximate surface area is 148 Å². The van der Waals surface area contributed by atoms with E-state index in [-0.39, 0.29) is 35.0 Å². The second-order valence-electron chi connectivity index (χ2n) is 5.77. The van der Waals surface area contributed by atoms with Crippen LogP contribution in [-0.4, -0.2) is 53.7 Å². The van der Waals surface area contributed by atoms with E-state index < -0.39 is 18.5 Å². The van der Waals surface area contributed by atoms with Gasteiger partial charge in [-0.1, -0.05) is 18.5 Å². The fourth-order valence-corrected chi connectivity index (χ4v) is 2.99. The highest BCUT2D eigenvalue weighted by Gasteiger charge is 2.35. The predicted octanol–water partition coefficient (Wildman–Crippen LogP) is 2.61. The van der Waals surface area contributed by atoms with Crippen LogP contribution in [0.25, 0.3) is 0 Å². The van der Waals surface area contributed by atoms with Crippen LogP contribution in [0.2, 0.25) is 5.02 Å². The van der Waals surface area contributed by atoms with Crippen molar-refractivity contribution in [2.75, 3.05) is 13.1 Å². The van der Waals surface area contributed by atoms with Gasteiger partial charge in [0.15, 0.2) is 0 Å². The first kappa shape index (κ1) is 19.4. The van der Waals surface area contributed by atoms with Gasteiger partial charge in [-0.25, -0.2) is 0 Å². The number of alkyl halides is 2. The molecule has 1 aliphatic rings. The van der Waals surface area contributed by atoms with E-state index in [9.17, 15) is 18.4 Å². The summed E-state index contributed by atoms with van der Waals surface area (Å²) >= 11 is 5.83. The van der Waals surface area contributed by atoms with E-state index in [4.69, 9.17) is 16.7 Å². The number of likely N-dealkylation sites (N-methyl/N-ethyl adjacent to an activating group) is 1. The molecule has 1 aromatic rings. The maximum Gasteiger partial charge on any atom is 0.387 e. The summed E-state index contributed by atoms with van der Waals surface area (Å²) in [4.78, 5) is 25.0. The molecular formula is C16H19ClF2N2O4. The average molecular weight is 377 g/mol. The standard InChI is InChI=1S/C16H19ClF2N2O4/c1-2-21(8-14(22)23)11-6-10(7-11)20-15(24)12-5-9(17)3-4-13(12)25-16(18)19/h3-5,10-11,16H,2,6-8H2,1H3,(H,20,24)(H,22,23). The van der Waals surface area contributed by atoms with Gasteiger partial charge in [0.2, 0.25) is 0 Å². The largest absolute Gasteiger partial charge is 0.480 e. The van der Waals surface area contributed by atoms with Crippen molar-refractivity contribution in [1.82, 2.24) is 10.2 Å². The highest BCUT2D eigenvalue weighted by molar-refractivity contribution is 6.31. The van der Waals surface area contributed by atoms with Crippen LogP contribution in [0.5, 0.6) is 5.75 Å². The Balaban J connectivity index is 1.96. The molecule has 2 N–H and O–H groups in total. The lowest BCUT2D eigenvalue weighted by Gasteiger charge is -2.42. The van der Waals surface area contributed by atoms with Crippen molar-refractivity contribution in [3.05, 3.63) is 28.8 Å². The number of nitrogens with zero attached hydrogens (tertiary/aromatic N) is 1. The zero-order valence-electron chi connectivity index (χ0n) is 13.5. The minimum absolute atomic E-state index is 0.0531. The number of halogens is 3. The number of amides is 1. The Morgan fingerprint density at radius 2 is 2.12 bits per heavy atom. The Morgan fingerprint density at radius 3 is 2.68 bits per heavy atom. The van der Waals surface area contributed by atoms with E-state index in [1.165, 1.54) is 18.2 Å². The SMILES string of the molecule is CCN(CC(=O)O)C1CC(NC(=O)c2cc(Cl)ccc2OC(F)F)C1. The highest BCUT2D eigenvalue weighted by atomic mass is 35.5. The molecule has 1 aliphatic carbocycles. The fraction of sp³-hybridized carbons (Fsp3) is 0.500. The molecule has 0 heterocycles. The molecule has 0 radical (unpaired) electrons. The summed E-state index contributed by atoms with van der Waals surface area (Å²) in [5.74, 6) is -1.70. The first-order valence-electron chi connectivity index (χ1n) is 7.81. The molecule has 0 unspecified atom stereocenters. The van der Waals surface area contributed by atoms with E-state index in [1.807, 2.05) is 11.8 Å². The van der Waals surface area contributed by atoms with Gasteiger partial charge in [0, 0.05) is 17.1 Å². The van der Waals surface area contributed by atoms with Gasteiger partial charge in [0.1, 0.15) is 5.75 Å². The number of hydrogen-bond acceptors (Lipinski definition) is 4. The van der Waals surface area contributed by atoms with E-state index in [0.717, 1.165) is 0 Å². The van der Waals surface area contributed by atoms with Crippen molar-refractivity contribution >= 4 is 23.5 Å². The van der Waals surface area contributed by atoms with Crippen LogP contribution in [0.4, 0.5) is 8.78 Å². The first-order chi connectivity index (χ1) is 11.8. The van der Waals surface area contributed by atoms with E-state index >= 15 is 0 Å². The van der Waals surface area contributed by atoms with Crippen LogP contribution >= 0.6 is 11.6 Å². The van der Waals surface area contributed by atoms with Crippen molar-refractivity contribution in [3.8, 4) is 5.75 Å². The second-order valence-corrected chi connectivity index (χ2v) is 6.21. The number of hydrogen-bond donors (Lipinski definition) is 2. The number of aliphatic carboxylic acids is 1. The molecule has 138 valence electrons. The minimum atomic E-state index is -3.05. The molecule has 0 aliphatic heterocycles. The average Bonchev–Trinajstić information content (AvgIpc) is 2.49. The van der Waals surface area contributed by atoms with Crippen LogP contribution in [0.3, 0.4) is 0 Å². The van der Waals surface area contributed by atoms with Gasteiger partial charge in [-0.15, -0.1) is 0 Å². The lowest BCUT2D eigenvalue weighted by Crippen LogP contribution is -2.54. The zero-order valence-corrected chi connectivity index (χ0v) is 14.3. The van der Waals surface area contributed by atoms with Crippen LogP contribution < -0.4 is 10.1 Å². The molecule has 0 saturated heterocycles. The number of ether oxygens (including phenoxy) is 1. The van der Waals surface area contributed by atoms with Gasteiger partial charge in [0.05, 0.1) is 12.1 Å².